The highest BCUT2D eigenvalue weighted by molar-refractivity contribution is 5.98. The number of hydrogen-bond donors (Lipinski definition) is 0. The zero-order valence-electron chi connectivity index (χ0n) is 13.7. The van der Waals surface area contributed by atoms with Crippen LogP contribution in [0.2, 0.25) is 0 Å². The number of fused-ring (bicyclic) bond motifs is 1. The van der Waals surface area contributed by atoms with Gasteiger partial charge in [-0.25, -0.2) is 0 Å². The van der Waals surface area contributed by atoms with Crippen LogP contribution in [0.15, 0.2) is 48.7 Å². The minimum atomic E-state index is -0.143. The molecule has 0 N–H and O–H groups in total. The first-order valence-corrected chi connectivity index (χ1v) is 8.74. The lowest BCUT2D eigenvalue weighted by Gasteiger charge is -2.33. The SMILES string of the molecule is O=C([C@@H]1CCCc2cccnc21)N(c1ccccc1)[C@@H]1CCOC1. The summed E-state index contributed by atoms with van der Waals surface area (Å²) in [5.41, 5.74) is 3.15. The summed E-state index contributed by atoms with van der Waals surface area (Å²) in [6, 6.07) is 14.2. The van der Waals surface area contributed by atoms with Gasteiger partial charge in [0.25, 0.3) is 0 Å². The zero-order valence-corrected chi connectivity index (χ0v) is 13.7. The van der Waals surface area contributed by atoms with Crippen molar-refractivity contribution in [3.63, 3.8) is 0 Å². The number of ether oxygens (including phenoxy) is 1. The normalized spacial score (nSPS) is 22.8. The highest BCUT2D eigenvalue weighted by Crippen LogP contribution is 2.34. The fourth-order valence-corrected chi connectivity index (χ4v) is 3.85. The molecule has 24 heavy (non-hydrogen) atoms. The molecule has 1 amide bonds. The third-order valence-corrected chi connectivity index (χ3v) is 5.04. The first-order chi connectivity index (χ1) is 11.8. The van der Waals surface area contributed by atoms with E-state index in [2.05, 4.69) is 11.1 Å². The van der Waals surface area contributed by atoms with E-state index in [9.17, 15) is 4.79 Å². The Morgan fingerprint density at radius 1 is 1.12 bits per heavy atom. The molecule has 1 aliphatic heterocycles. The van der Waals surface area contributed by atoms with Crippen molar-refractivity contribution < 1.29 is 9.53 Å². The molecule has 0 radical (unpaired) electrons. The van der Waals surface area contributed by atoms with Crippen molar-refractivity contribution in [2.75, 3.05) is 18.1 Å². The maximum absolute atomic E-state index is 13.5. The second-order valence-electron chi connectivity index (χ2n) is 6.55. The molecule has 0 bridgehead atoms. The van der Waals surface area contributed by atoms with E-state index in [4.69, 9.17) is 4.74 Å². The van der Waals surface area contributed by atoms with Crippen molar-refractivity contribution in [3.05, 3.63) is 59.9 Å². The van der Waals surface area contributed by atoms with E-state index in [-0.39, 0.29) is 17.9 Å². The van der Waals surface area contributed by atoms with Crippen LogP contribution in [0.1, 0.15) is 36.4 Å². The van der Waals surface area contributed by atoms with Crippen LogP contribution in [0.5, 0.6) is 0 Å². The molecule has 1 fully saturated rings. The minimum Gasteiger partial charge on any atom is -0.379 e. The molecular formula is C20H22N2O2. The van der Waals surface area contributed by atoms with Crippen LogP contribution in [0, 0.1) is 0 Å². The lowest BCUT2D eigenvalue weighted by molar-refractivity contribution is -0.121. The number of nitrogens with zero attached hydrogens (tertiary/aromatic N) is 2. The second kappa shape index (κ2) is 6.73. The van der Waals surface area contributed by atoms with Crippen molar-refractivity contribution >= 4 is 11.6 Å². The number of para-hydroxylation sites is 1. The van der Waals surface area contributed by atoms with Gasteiger partial charge >= 0.3 is 0 Å². The van der Waals surface area contributed by atoms with Crippen LogP contribution in [0.4, 0.5) is 5.69 Å². The molecule has 0 unspecified atom stereocenters. The quantitative estimate of drug-likeness (QED) is 0.870. The Morgan fingerprint density at radius 3 is 2.79 bits per heavy atom. The molecule has 4 heteroatoms. The van der Waals surface area contributed by atoms with E-state index >= 15 is 0 Å². The molecule has 1 saturated heterocycles. The molecule has 1 aromatic heterocycles. The minimum absolute atomic E-state index is 0.119. The molecule has 2 aromatic rings. The Bertz CT molecular complexity index is 711. The van der Waals surface area contributed by atoms with Gasteiger partial charge in [0, 0.05) is 18.5 Å². The number of carbonyl (C=O) groups is 1. The summed E-state index contributed by atoms with van der Waals surface area (Å²) < 4.78 is 5.56. The molecule has 124 valence electrons. The van der Waals surface area contributed by atoms with Crippen molar-refractivity contribution in [2.45, 2.75) is 37.6 Å². The van der Waals surface area contributed by atoms with E-state index in [0.29, 0.717) is 6.61 Å². The summed E-state index contributed by atoms with van der Waals surface area (Å²) in [6.45, 7) is 1.34. The molecule has 2 heterocycles. The number of carbonyl (C=O) groups excluding carboxylic acids is 1. The van der Waals surface area contributed by atoms with E-state index < -0.39 is 0 Å². The summed E-state index contributed by atoms with van der Waals surface area (Å²) in [5.74, 6) is 0.0205. The summed E-state index contributed by atoms with van der Waals surface area (Å²) in [7, 11) is 0. The van der Waals surface area contributed by atoms with Gasteiger partial charge in [0.2, 0.25) is 5.91 Å². The first-order valence-electron chi connectivity index (χ1n) is 8.74. The number of benzene rings is 1. The molecular weight excluding hydrogens is 300 g/mol. The van der Waals surface area contributed by atoms with Gasteiger partial charge in [0.15, 0.2) is 0 Å². The van der Waals surface area contributed by atoms with Crippen LogP contribution in [-0.2, 0) is 16.0 Å². The molecule has 0 spiro atoms. The monoisotopic (exact) mass is 322 g/mol. The Labute approximate surface area is 142 Å². The molecule has 1 aromatic carbocycles. The molecule has 2 aliphatic rings. The highest BCUT2D eigenvalue weighted by atomic mass is 16.5. The van der Waals surface area contributed by atoms with Crippen molar-refractivity contribution in [1.82, 2.24) is 4.98 Å². The van der Waals surface area contributed by atoms with Crippen LogP contribution < -0.4 is 4.90 Å². The summed E-state index contributed by atoms with van der Waals surface area (Å²) in [4.78, 5) is 20.0. The summed E-state index contributed by atoms with van der Waals surface area (Å²) >= 11 is 0. The molecule has 2 atom stereocenters. The highest BCUT2D eigenvalue weighted by Gasteiger charge is 2.36. The Balaban J connectivity index is 1.70. The third-order valence-electron chi connectivity index (χ3n) is 5.04. The van der Waals surface area contributed by atoms with Crippen molar-refractivity contribution in [3.8, 4) is 0 Å². The second-order valence-corrected chi connectivity index (χ2v) is 6.55. The first kappa shape index (κ1) is 15.3. The van der Waals surface area contributed by atoms with Crippen LogP contribution in [0.3, 0.4) is 0 Å². The fourth-order valence-electron chi connectivity index (χ4n) is 3.85. The molecule has 4 rings (SSSR count). The number of anilines is 1. The number of rotatable bonds is 3. The zero-order chi connectivity index (χ0) is 16.4. The predicted octanol–water partition coefficient (Wildman–Crippen LogP) is 3.32. The number of amides is 1. The molecule has 1 aliphatic carbocycles. The standard InChI is InChI=1S/C20H22N2O2/c23-20(18-10-4-6-15-7-5-12-21-19(15)18)22(17-11-13-24-14-17)16-8-2-1-3-9-16/h1-3,5,7-9,12,17-18H,4,6,10-11,13-14H2/t17-,18-/m1/s1. The smallest absolute Gasteiger partial charge is 0.236 e. The van der Waals surface area contributed by atoms with Crippen LogP contribution in [0.25, 0.3) is 0 Å². The van der Waals surface area contributed by atoms with Gasteiger partial charge in [-0.1, -0.05) is 24.3 Å². The largest absolute Gasteiger partial charge is 0.379 e. The van der Waals surface area contributed by atoms with Gasteiger partial charge in [0.1, 0.15) is 0 Å². The average molecular weight is 322 g/mol. The molecule has 4 nitrogen and oxygen atoms in total. The summed E-state index contributed by atoms with van der Waals surface area (Å²) in [5, 5.41) is 0. The predicted molar refractivity (Wildman–Crippen MR) is 93.1 cm³/mol. The Morgan fingerprint density at radius 2 is 2.00 bits per heavy atom. The van der Waals surface area contributed by atoms with Crippen LogP contribution >= 0.6 is 0 Å². The lowest BCUT2D eigenvalue weighted by atomic mass is 9.85. The average Bonchev–Trinajstić information content (AvgIpc) is 3.16. The van der Waals surface area contributed by atoms with Gasteiger partial charge in [0.05, 0.1) is 24.3 Å². The Hall–Kier alpha value is -2.20. The van der Waals surface area contributed by atoms with E-state index in [1.807, 2.05) is 41.3 Å². The molecule has 0 saturated carbocycles. The van der Waals surface area contributed by atoms with Crippen LogP contribution in [-0.4, -0.2) is 30.1 Å². The van der Waals surface area contributed by atoms with Gasteiger partial charge in [-0.05, 0) is 49.4 Å². The number of pyridine rings is 1. The maximum atomic E-state index is 13.5. The van der Waals surface area contributed by atoms with Gasteiger partial charge in [-0.15, -0.1) is 0 Å². The topological polar surface area (TPSA) is 42.4 Å². The van der Waals surface area contributed by atoms with E-state index in [0.717, 1.165) is 43.7 Å². The number of hydrogen-bond acceptors (Lipinski definition) is 3. The van der Waals surface area contributed by atoms with Crippen molar-refractivity contribution in [1.29, 1.82) is 0 Å². The fraction of sp³-hybridized carbons (Fsp3) is 0.400. The van der Waals surface area contributed by atoms with E-state index in [1.165, 1.54) is 5.56 Å². The van der Waals surface area contributed by atoms with Crippen molar-refractivity contribution in [2.24, 2.45) is 0 Å². The lowest BCUT2D eigenvalue weighted by Crippen LogP contribution is -2.44. The van der Waals surface area contributed by atoms with Gasteiger partial charge < -0.3 is 9.64 Å². The Kier molecular flexibility index (Phi) is 4.30. The third kappa shape index (κ3) is 2.82. The number of aromatic nitrogens is 1. The van der Waals surface area contributed by atoms with Gasteiger partial charge in [-0.3, -0.25) is 9.78 Å². The van der Waals surface area contributed by atoms with E-state index in [1.54, 1.807) is 6.20 Å². The summed E-state index contributed by atoms with van der Waals surface area (Å²) in [6.07, 6.45) is 5.63. The van der Waals surface area contributed by atoms with Gasteiger partial charge in [-0.2, -0.15) is 0 Å². The number of aryl methyl sites for hydroxylation is 1. The maximum Gasteiger partial charge on any atom is 0.236 e.